The topological polar surface area (TPSA) is 103 Å². The number of benzene rings is 2. The van der Waals surface area contributed by atoms with Crippen molar-refractivity contribution >= 4 is 17.7 Å². The molecule has 3 amide bonds. The first-order chi connectivity index (χ1) is 19.5. The second-order valence-electron chi connectivity index (χ2n) is 12.2. The summed E-state index contributed by atoms with van der Waals surface area (Å²) < 4.78 is 5.69. The molecule has 1 aliphatic heterocycles. The Labute approximate surface area is 245 Å². The SMILES string of the molecule is CN(C)CCOc1ccc(C(=O)NCc2cccc(C(=O)N[C@@H](CC(C)(C)C)C(=O)NCCN3CCCC3)c2)cc1. The molecule has 9 nitrogen and oxygen atoms in total. The van der Waals surface area contributed by atoms with E-state index in [-0.39, 0.29) is 29.7 Å². The Bertz CT molecular complexity index is 1140. The van der Waals surface area contributed by atoms with Crippen LogP contribution in [0.1, 0.15) is 66.3 Å². The van der Waals surface area contributed by atoms with Gasteiger partial charge >= 0.3 is 0 Å². The highest BCUT2D eigenvalue weighted by atomic mass is 16.5. The molecule has 0 saturated carbocycles. The third-order valence-electron chi connectivity index (χ3n) is 6.93. The third kappa shape index (κ3) is 11.5. The number of hydrogen-bond donors (Lipinski definition) is 3. The quantitative estimate of drug-likeness (QED) is 0.325. The van der Waals surface area contributed by atoms with Gasteiger partial charge in [0.25, 0.3) is 11.8 Å². The second kappa shape index (κ2) is 15.5. The fourth-order valence-corrected chi connectivity index (χ4v) is 4.69. The lowest BCUT2D eigenvalue weighted by Gasteiger charge is -2.26. The summed E-state index contributed by atoms with van der Waals surface area (Å²) in [6, 6.07) is 13.5. The third-order valence-corrected chi connectivity index (χ3v) is 6.93. The maximum absolute atomic E-state index is 13.2. The largest absolute Gasteiger partial charge is 0.492 e. The monoisotopic (exact) mass is 565 g/mol. The maximum Gasteiger partial charge on any atom is 0.251 e. The van der Waals surface area contributed by atoms with E-state index < -0.39 is 6.04 Å². The van der Waals surface area contributed by atoms with Gasteiger partial charge in [-0.2, -0.15) is 0 Å². The highest BCUT2D eigenvalue weighted by Gasteiger charge is 2.27. The van der Waals surface area contributed by atoms with Crippen LogP contribution in [0.25, 0.3) is 0 Å². The first-order valence-electron chi connectivity index (χ1n) is 14.6. The van der Waals surface area contributed by atoms with Crippen molar-refractivity contribution in [2.24, 2.45) is 5.41 Å². The van der Waals surface area contributed by atoms with Gasteiger partial charge in [0, 0.05) is 37.3 Å². The molecule has 9 heteroatoms. The summed E-state index contributed by atoms with van der Waals surface area (Å²) in [5.41, 5.74) is 1.61. The number of rotatable bonds is 14. The van der Waals surface area contributed by atoms with Gasteiger partial charge in [0.05, 0.1) is 0 Å². The predicted molar refractivity (Wildman–Crippen MR) is 162 cm³/mol. The van der Waals surface area contributed by atoms with Crippen LogP contribution in [-0.4, -0.2) is 87.0 Å². The molecule has 1 saturated heterocycles. The van der Waals surface area contributed by atoms with E-state index >= 15 is 0 Å². The zero-order valence-corrected chi connectivity index (χ0v) is 25.3. The molecular weight excluding hydrogens is 518 g/mol. The summed E-state index contributed by atoms with van der Waals surface area (Å²) in [6.07, 6.45) is 2.93. The average Bonchev–Trinajstić information content (AvgIpc) is 3.44. The van der Waals surface area contributed by atoms with Gasteiger partial charge in [-0.15, -0.1) is 0 Å². The molecular formula is C32H47N5O4. The van der Waals surface area contributed by atoms with Crippen LogP contribution >= 0.6 is 0 Å². The van der Waals surface area contributed by atoms with Gasteiger partial charge in [0.1, 0.15) is 18.4 Å². The van der Waals surface area contributed by atoms with Crippen molar-refractivity contribution in [1.82, 2.24) is 25.8 Å². The van der Waals surface area contributed by atoms with Crippen LogP contribution in [0, 0.1) is 5.41 Å². The first kappa shape index (κ1) is 32.1. The molecule has 1 heterocycles. The Balaban J connectivity index is 1.54. The number of likely N-dealkylation sites (N-methyl/N-ethyl adjacent to an activating group) is 1. The molecule has 41 heavy (non-hydrogen) atoms. The molecule has 0 unspecified atom stereocenters. The number of ether oxygens (including phenoxy) is 1. The fourth-order valence-electron chi connectivity index (χ4n) is 4.69. The Hall–Kier alpha value is -3.43. The number of likely N-dealkylation sites (tertiary alicyclic amines) is 1. The van der Waals surface area contributed by atoms with Gasteiger partial charge in [0.15, 0.2) is 0 Å². The Kier molecular flexibility index (Phi) is 12.2. The normalized spacial score (nSPS) is 14.5. The zero-order valence-electron chi connectivity index (χ0n) is 25.3. The standard InChI is InChI=1S/C32H47N5O4/c1-32(2,3)22-28(31(40)33-15-18-37-16-6-7-17-37)35-30(39)26-10-8-9-24(21-26)23-34-29(38)25-11-13-27(14-12-25)41-20-19-36(4)5/h8-14,21,28H,6-7,15-20,22-23H2,1-5H3,(H,33,40)(H,34,38)(H,35,39)/t28-/m0/s1. The lowest BCUT2D eigenvalue weighted by molar-refractivity contribution is -0.123. The number of nitrogens with zero attached hydrogens (tertiary/aromatic N) is 2. The Morgan fingerprint density at radius 3 is 2.32 bits per heavy atom. The summed E-state index contributed by atoms with van der Waals surface area (Å²) in [7, 11) is 3.97. The van der Waals surface area contributed by atoms with Crippen LogP contribution in [0.15, 0.2) is 48.5 Å². The first-order valence-corrected chi connectivity index (χ1v) is 14.6. The van der Waals surface area contributed by atoms with E-state index in [0.29, 0.717) is 36.4 Å². The molecule has 3 N–H and O–H groups in total. The van der Waals surface area contributed by atoms with Crippen molar-refractivity contribution in [3.8, 4) is 5.75 Å². The summed E-state index contributed by atoms with van der Waals surface area (Å²) in [6.45, 7) is 11.4. The van der Waals surface area contributed by atoms with Gasteiger partial charge in [0.2, 0.25) is 5.91 Å². The lowest BCUT2D eigenvalue weighted by Crippen LogP contribution is -2.49. The highest BCUT2D eigenvalue weighted by molar-refractivity contribution is 5.98. The van der Waals surface area contributed by atoms with Crippen LogP contribution in [-0.2, 0) is 11.3 Å². The smallest absolute Gasteiger partial charge is 0.251 e. The van der Waals surface area contributed by atoms with E-state index in [9.17, 15) is 14.4 Å². The van der Waals surface area contributed by atoms with E-state index in [2.05, 4.69) is 41.6 Å². The molecule has 0 bridgehead atoms. The minimum atomic E-state index is -0.640. The number of carbonyl (C=O) groups is 3. The number of carbonyl (C=O) groups excluding carboxylic acids is 3. The summed E-state index contributed by atoms with van der Waals surface area (Å²) in [5, 5.41) is 8.87. The van der Waals surface area contributed by atoms with Crippen molar-refractivity contribution in [2.45, 2.75) is 52.6 Å². The predicted octanol–water partition coefficient (Wildman–Crippen LogP) is 3.30. The Morgan fingerprint density at radius 2 is 1.66 bits per heavy atom. The molecule has 2 aromatic carbocycles. The summed E-state index contributed by atoms with van der Waals surface area (Å²) in [5.74, 6) is 0.0275. The van der Waals surface area contributed by atoms with Crippen LogP contribution < -0.4 is 20.7 Å². The van der Waals surface area contributed by atoms with E-state index in [1.807, 2.05) is 25.1 Å². The van der Waals surface area contributed by atoms with Crippen molar-refractivity contribution in [3.05, 3.63) is 65.2 Å². The summed E-state index contributed by atoms with van der Waals surface area (Å²) in [4.78, 5) is 43.3. The molecule has 0 aliphatic carbocycles. The minimum absolute atomic E-state index is 0.146. The second-order valence-corrected chi connectivity index (χ2v) is 12.2. The van der Waals surface area contributed by atoms with Gasteiger partial charge in [-0.05, 0) is 93.8 Å². The van der Waals surface area contributed by atoms with E-state index in [0.717, 1.165) is 31.7 Å². The molecule has 0 radical (unpaired) electrons. The minimum Gasteiger partial charge on any atom is -0.492 e. The van der Waals surface area contributed by atoms with Crippen LogP contribution in [0.4, 0.5) is 0 Å². The average molecular weight is 566 g/mol. The maximum atomic E-state index is 13.2. The molecule has 0 spiro atoms. The molecule has 1 fully saturated rings. The number of nitrogens with one attached hydrogen (secondary N) is 3. The van der Waals surface area contributed by atoms with Crippen molar-refractivity contribution in [2.75, 3.05) is 53.4 Å². The van der Waals surface area contributed by atoms with Gasteiger partial charge < -0.3 is 30.5 Å². The van der Waals surface area contributed by atoms with E-state index in [1.54, 1.807) is 42.5 Å². The van der Waals surface area contributed by atoms with Crippen LogP contribution in [0.3, 0.4) is 0 Å². The van der Waals surface area contributed by atoms with Crippen LogP contribution in [0.2, 0.25) is 0 Å². The van der Waals surface area contributed by atoms with Crippen LogP contribution in [0.5, 0.6) is 5.75 Å². The Morgan fingerprint density at radius 1 is 0.951 bits per heavy atom. The van der Waals surface area contributed by atoms with Gasteiger partial charge in [-0.3, -0.25) is 14.4 Å². The zero-order chi connectivity index (χ0) is 29.8. The van der Waals surface area contributed by atoms with Crippen molar-refractivity contribution < 1.29 is 19.1 Å². The van der Waals surface area contributed by atoms with Gasteiger partial charge in [-0.25, -0.2) is 0 Å². The molecule has 1 atom stereocenters. The van der Waals surface area contributed by atoms with E-state index in [4.69, 9.17) is 4.74 Å². The highest BCUT2D eigenvalue weighted by Crippen LogP contribution is 2.21. The fraction of sp³-hybridized carbons (Fsp3) is 0.531. The molecule has 2 aromatic rings. The molecule has 224 valence electrons. The van der Waals surface area contributed by atoms with E-state index in [1.165, 1.54) is 12.8 Å². The van der Waals surface area contributed by atoms with Gasteiger partial charge in [-0.1, -0.05) is 32.9 Å². The molecule has 1 aliphatic rings. The summed E-state index contributed by atoms with van der Waals surface area (Å²) >= 11 is 0. The molecule has 3 rings (SSSR count). The number of hydrogen-bond acceptors (Lipinski definition) is 6. The molecule has 0 aromatic heterocycles. The van der Waals surface area contributed by atoms with Crippen molar-refractivity contribution in [3.63, 3.8) is 0 Å². The van der Waals surface area contributed by atoms with Crippen molar-refractivity contribution in [1.29, 1.82) is 0 Å². The lowest BCUT2D eigenvalue weighted by atomic mass is 9.87. The number of amides is 3.